The maximum atomic E-state index is 13.5. The molecule has 1 aliphatic rings. The van der Waals surface area contributed by atoms with Crippen LogP contribution >= 0.6 is 15.9 Å². The number of halogens is 2. The predicted molar refractivity (Wildman–Crippen MR) is 76.5 cm³/mol. The average molecular weight is 360 g/mol. The first-order valence-electron chi connectivity index (χ1n) is 6.45. The molecule has 1 aromatic rings. The highest BCUT2D eigenvalue weighted by atomic mass is 79.9. The van der Waals surface area contributed by atoms with Gasteiger partial charge in [-0.2, -0.15) is 0 Å². The standard InChI is InChI=1S/C14H15BrFNO4/c1-14(13(19)20,8-2-3-8)17-12(18)7-21-11-5-4-9(15)6-10(11)16/h4-6,8H,2-3,7H2,1H3,(H,17,18)(H,19,20). The van der Waals surface area contributed by atoms with Gasteiger partial charge in [-0.05, 0) is 43.9 Å². The maximum Gasteiger partial charge on any atom is 0.329 e. The fourth-order valence-corrected chi connectivity index (χ4v) is 2.39. The van der Waals surface area contributed by atoms with Crippen LogP contribution in [0, 0.1) is 11.7 Å². The van der Waals surface area contributed by atoms with Crippen LogP contribution < -0.4 is 10.1 Å². The number of amides is 1. The molecule has 0 aromatic heterocycles. The summed E-state index contributed by atoms with van der Waals surface area (Å²) in [7, 11) is 0. The third kappa shape index (κ3) is 3.72. The van der Waals surface area contributed by atoms with Gasteiger partial charge in [-0.3, -0.25) is 4.79 Å². The molecule has 2 N–H and O–H groups in total. The van der Waals surface area contributed by atoms with Crippen molar-refractivity contribution in [2.24, 2.45) is 5.92 Å². The van der Waals surface area contributed by atoms with Crippen LogP contribution in [-0.4, -0.2) is 29.1 Å². The van der Waals surface area contributed by atoms with Crippen molar-refractivity contribution in [3.63, 3.8) is 0 Å². The Morgan fingerprint density at radius 3 is 2.71 bits per heavy atom. The van der Waals surface area contributed by atoms with Crippen molar-refractivity contribution in [3.8, 4) is 5.75 Å². The zero-order chi connectivity index (χ0) is 15.6. The van der Waals surface area contributed by atoms with Crippen LogP contribution in [0.25, 0.3) is 0 Å². The van der Waals surface area contributed by atoms with Crippen molar-refractivity contribution < 1.29 is 23.8 Å². The van der Waals surface area contributed by atoms with E-state index in [1.807, 2.05) is 0 Å². The van der Waals surface area contributed by atoms with E-state index < -0.39 is 29.8 Å². The summed E-state index contributed by atoms with van der Waals surface area (Å²) in [5, 5.41) is 11.7. The van der Waals surface area contributed by atoms with Crippen molar-refractivity contribution in [1.29, 1.82) is 0 Å². The molecule has 0 heterocycles. The Bertz CT molecular complexity index is 576. The Labute approximate surface area is 129 Å². The Kier molecular flexibility index (Phi) is 4.51. The summed E-state index contributed by atoms with van der Waals surface area (Å²) in [6.45, 7) is 1.04. The number of carboxylic acids is 1. The lowest BCUT2D eigenvalue weighted by Crippen LogP contribution is -2.55. The van der Waals surface area contributed by atoms with Crippen molar-refractivity contribution in [2.75, 3.05) is 6.61 Å². The minimum absolute atomic E-state index is 0.0585. The molecule has 2 rings (SSSR count). The highest BCUT2D eigenvalue weighted by Crippen LogP contribution is 2.39. The van der Waals surface area contributed by atoms with E-state index >= 15 is 0 Å². The van der Waals surface area contributed by atoms with Crippen LogP contribution in [-0.2, 0) is 9.59 Å². The zero-order valence-electron chi connectivity index (χ0n) is 11.4. The minimum Gasteiger partial charge on any atom is -0.481 e. The monoisotopic (exact) mass is 359 g/mol. The molecule has 0 aliphatic heterocycles. The van der Waals surface area contributed by atoms with Gasteiger partial charge < -0.3 is 15.2 Å². The van der Waals surface area contributed by atoms with Gasteiger partial charge >= 0.3 is 5.97 Å². The van der Waals surface area contributed by atoms with Gasteiger partial charge in [0, 0.05) is 4.47 Å². The van der Waals surface area contributed by atoms with Crippen LogP contribution in [0.5, 0.6) is 5.75 Å². The first-order chi connectivity index (χ1) is 9.83. The number of ether oxygens (including phenoxy) is 1. The van der Waals surface area contributed by atoms with Crippen LogP contribution in [0.15, 0.2) is 22.7 Å². The molecule has 0 radical (unpaired) electrons. The fraction of sp³-hybridized carbons (Fsp3) is 0.429. The van der Waals surface area contributed by atoms with Crippen molar-refractivity contribution in [2.45, 2.75) is 25.3 Å². The number of carbonyl (C=O) groups excluding carboxylic acids is 1. The lowest BCUT2D eigenvalue weighted by molar-refractivity contribution is -0.148. The lowest BCUT2D eigenvalue weighted by Gasteiger charge is -2.26. The number of nitrogens with one attached hydrogen (secondary N) is 1. The molecule has 21 heavy (non-hydrogen) atoms. The molecule has 1 aliphatic carbocycles. The van der Waals surface area contributed by atoms with Gasteiger partial charge in [0.25, 0.3) is 5.91 Å². The van der Waals surface area contributed by atoms with E-state index in [1.54, 1.807) is 6.07 Å². The number of benzene rings is 1. The molecule has 0 saturated heterocycles. The molecule has 114 valence electrons. The van der Waals surface area contributed by atoms with Crippen LogP contribution in [0.3, 0.4) is 0 Å². The van der Waals surface area contributed by atoms with E-state index in [0.717, 1.165) is 12.8 Å². The van der Waals surface area contributed by atoms with E-state index in [2.05, 4.69) is 21.2 Å². The van der Waals surface area contributed by atoms with Crippen LogP contribution in [0.4, 0.5) is 4.39 Å². The summed E-state index contributed by atoms with van der Waals surface area (Å²) in [4.78, 5) is 23.1. The first-order valence-corrected chi connectivity index (χ1v) is 7.24. The zero-order valence-corrected chi connectivity index (χ0v) is 12.9. The highest BCUT2D eigenvalue weighted by Gasteiger charge is 2.48. The second-order valence-electron chi connectivity index (χ2n) is 5.19. The van der Waals surface area contributed by atoms with Gasteiger partial charge in [0.1, 0.15) is 5.54 Å². The highest BCUT2D eigenvalue weighted by molar-refractivity contribution is 9.10. The number of carboxylic acid groups (broad SMARTS) is 1. The molecule has 1 aromatic carbocycles. The average Bonchev–Trinajstić information content (AvgIpc) is 3.21. The third-order valence-corrected chi connectivity index (χ3v) is 3.98. The smallest absolute Gasteiger partial charge is 0.329 e. The molecular formula is C14H15BrFNO4. The number of hydrogen-bond donors (Lipinski definition) is 2. The van der Waals surface area contributed by atoms with E-state index in [0.29, 0.717) is 4.47 Å². The quantitative estimate of drug-likeness (QED) is 0.817. The van der Waals surface area contributed by atoms with E-state index in [4.69, 9.17) is 4.74 Å². The van der Waals surface area contributed by atoms with Crippen molar-refractivity contribution >= 4 is 27.8 Å². The van der Waals surface area contributed by atoms with E-state index in [-0.39, 0.29) is 11.7 Å². The van der Waals surface area contributed by atoms with E-state index in [1.165, 1.54) is 19.1 Å². The Hall–Kier alpha value is -1.63. The molecule has 1 fully saturated rings. The lowest BCUT2D eigenvalue weighted by atomic mass is 9.96. The Morgan fingerprint density at radius 2 is 2.19 bits per heavy atom. The first kappa shape index (κ1) is 15.8. The molecule has 1 amide bonds. The van der Waals surface area contributed by atoms with Gasteiger partial charge in [-0.1, -0.05) is 15.9 Å². The Morgan fingerprint density at radius 1 is 1.52 bits per heavy atom. The molecule has 5 nitrogen and oxygen atoms in total. The molecule has 1 unspecified atom stereocenters. The van der Waals surface area contributed by atoms with E-state index in [9.17, 15) is 19.1 Å². The summed E-state index contributed by atoms with van der Waals surface area (Å²) in [6, 6.07) is 4.20. The molecule has 0 spiro atoms. The van der Waals surface area contributed by atoms with Gasteiger partial charge in [0.2, 0.25) is 0 Å². The second kappa shape index (κ2) is 6.01. The molecule has 1 saturated carbocycles. The number of hydrogen-bond acceptors (Lipinski definition) is 3. The summed E-state index contributed by atoms with van der Waals surface area (Å²) in [5.74, 6) is -2.39. The summed E-state index contributed by atoms with van der Waals surface area (Å²) >= 11 is 3.11. The number of rotatable bonds is 6. The number of aliphatic carboxylic acids is 1. The summed E-state index contributed by atoms with van der Waals surface area (Å²) in [5.41, 5.74) is -1.29. The minimum atomic E-state index is -1.29. The second-order valence-corrected chi connectivity index (χ2v) is 6.11. The van der Waals surface area contributed by atoms with Crippen LogP contribution in [0.2, 0.25) is 0 Å². The van der Waals surface area contributed by atoms with Gasteiger partial charge in [0.05, 0.1) is 0 Å². The number of carbonyl (C=O) groups is 2. The maximum absolute atomic E-state index is 13.5. The molecule has 7 heteroatoms. The molecule has 1 atom stereocenters. The normalized spacial score (nSPS) is 16.9. The Balaban J connectivity index is 1.94. The largest absolute Gasteiger partial charge is 0.481 e. The SMILES string of the molecule is CC(NC(=O)COc1ccc(Br)cc1F)(C(=O)O)C1CC1. The van der Waals surface area contributed by atoms with Gasteiger partial charge in [0.15, 0.2) is 18.2 Å². The molecule has 0 bridgehead atoms. The predicted octanol–water partition coefficient (Wildman–Crippen LogP) is 2.34. The molecular weight excluding hydrogens is 345 g/mol. The van der Waals surface area contributed by atoms with Crippen molar-refractivity contribution in [1.82, 2.24) is 5.32 Å². The topological polar surface area (TPSA) is 75.6 Å². The summed E-state index contributed by atoms with van der Waals surface area (Å²) in [6.07, 6.45) is 1.54. The van der Waals surface area contributed by atoms with Crippen molar-refractivity contribution in [3.05, 3.63) is 28.5 Å². The fourth-order valence-electron chi connectivity index (χ4n) is 2.05. The summed E-state index contributed by atoms with van der Waals surface area (Å²) < 4.78 is 19.2. The van der Waals surface area contributed by atoms with Gasteiger partial charge in [-0.25, -0.2) is 9.18 Å². The van der Waals surface area contributed by atoms with Gasteiger partial charge in [-0.15, -0.1) is 0 Å². The third-order valence-electron chi connectivity index (χ3n) is 3.49. The van der Waals surface area contributed by atoms with Crippen LogP contribution in [0.1, 0.15) is 19.8 Å².